The zero-order valence-corrected chi connectivity index (χ0v) is 17.0. The molecule has 150 valence electrons. The molecule has 0 aliphatic heterocycles. The number of carbonyl (C=O) groups excluding carboxylic acids is 1. The molecule has 6 nitrogen and oxygen atoms in total. The Bertz CT molecular complexity index is 886. The van der Waals surface area contributed by atoms with Crippen LogP contribution in [0.1, 0.15) is 48.0 Å². The van der Waals surface area contributed by atoms with Crippen molar-refractivity contribution >= 4 is 5.91 Å². The maximum atomic E-state index is 13.3. The molecule has 0 amide bonds. The summed E-state index contributed by atoms with van der Waals surface area (Å²) in [6, 6.07) is 7.48. The number of ether oxygens (including phenoxy) is 3. The molecule has 28 heavy (non-hydrogen) atoms. The molecule has 0 spiro atoms. The Morgan fingerprint density at radius 1 is 1.00 bits per heavy atom. The molecule has 6 heteroatoms. The normalized spacial score (nSPS) is 15.4. The maximum absolute atomic E-state index is 13.3. The highest BCUT2D eigenvalue weighted by atomic mass is 16.5. The smallest absolute Gasteiger partial charge is 0.263 e. The number of aromatic nitrogens is 1. The second-order valence-corrected chi connectivity index (χ2v) is 7.07. The van der Waals surface area contributed by atoms with Crippen LogP contribution < -0.4 is 19.7 Å². The number of benzene rings is 1. The minimum absolute atomic E-state index is 0.186. The van der Waals surface area contributed by atoms with E-state index < -0.39 is 0 Å². The molecule has 0 N–H and O–H groups in total. The van der Waals surface area contributed by atoms with Crippen LogP contribution in [-0.2, 0) is 0 Å². The SMILES string of the molecule is COc1cc(C(=O)n2ccc(C)cc2=NC2CCCCC2)cc(OC)c1OC. The number of hydrogen-bond donors (Lipinski definition) is 0. The van der Waals surface area contributed by atoms with Crippen LogP contribution >= 0.6 is 0 Å². The van der Waals surface area contributed by atoms with Crippen molar-refractivity contribution in [1.29, 1.82) is 0 Å². The molecule has 0 unspecified atom stereocenters. The van der Waals surface area contributed by atoms with Crippen LogP contribution in [0.5, 0.6) is 17.2 Å². The molecule has 1 aliphatic rings. The van der Waals surface area contributed by atoms with Gasteiger partial charge in [0.25, 0.3) is 5.91 Å². The Labute approximate surface area is 165 Å². The quantitative estimate of drug-likeness (QED) is 0.788. The Kier molecular flexibility index (Phi) is 6.39. The van der Waals surface area contributed by atoms with Gasteiger partial charge in [0, 0.05) is 11.8 Å². The minimum atomic E-state index is -0.186. The fourth-order valence-electron chi connectivity index (χ4n) is 3.60. The lowest BCUT2D eigenvalue weighted by Crippen LogP contribution is -2.29. The predicted octanol–water partition coefficient (Wildman–Crippen LogP) is 3.74. The zero-order valence-electron chi connectivity index (χ0n) is 17.0. The van der Waals surface area contributed by atoms with E-state index in [1.54, 1.807) is 22.9 Å². The summed E-state index contributed by atoms with van der Waals surface area (Å²) in [5.41, 5.74) is 2.21. The summed E-state index contributed by atoms with van der Waals surface area (Å²) >= 11 is 0. The van der Waals surface area contributed by atoms with Crippen molar-refractivity contribution in [3.05, 3.63) is 47.1 Å². The summed E-state index contributed by atoms with van der Waals surface area (Å²) in [7, 11) is 4.61. The van der Waals surface area contributed by atoms with E-state index >= 15 is 0 Å². The Morgan fingerprint density at radius 3 is 2.21 bits per heavy atom. The molecule has 1 heterocycles. The first kappa shape index (κ1) is 20.0. The fraction of sp³-hybridized carbons (Fsp3) is 0.455. The standard InChI is InChI=1S/C22H28N2O4/c1-15-10-11-24(20(12-15)23-17-8-6-5-7-9-17)22(25)16-13-18(26-2)21(28-4)19(14-16)27-3/h10-14,17H,5-9H2,1-4H3. The number of nitrogens with zero attached hydrogens (tertiary/aromatic N) is 2. The van der Waals surface area contributed by atoms with Crippen molar-refractivity contribution in [3.63, 3.8) is 0 Å². The highest BCUT2D eigenvalue weighted by molar-refractivity contribution is 5.97. The van der Waals surface area contributed by atoms with Gasteiger partial charge in [-0.3, -0.25) is 14.4 Å². The van der Waals surface area contributed by atoms with E-state index in [1.807, 2.05) is 19.1 Å². The molecular formula is C22H28N2O4. The van der Waals surface area contributed by atoms with Gasteiger partial charge in [-0.15, -0.1) is 0 Å². The van der Waals surface area contributed by atoms with E-state index in [-0.39, 0.29) is 11.9 Å². The first-order valence-corrected chi connectivity index (χ1v) is 9.65. The van der Waals surface area contributed by atoms with Gasteiger partial charge in [0.2, 0.25) is 5.75 Å². The molecule has 2 aromatic rings. The van der Waals surface area contributed by atoms with Crippen LogP contribution in [0.3, 0.4) is 0 Å². The Hall–Kier alpha value is -2.76. The molecule has 1 aromatic carbocycles. The second kappa shape index (κ2) is 8.95. The van der Waals surface area contributed by atoms with Crippen LogP contribution in [0.25, 0.3) is 0 Å². The highest BCUT2D eigenvalue weighted by Gasteiger charge is 2.19. The predicted molar refractivity (Wildman–Crippen MR) is 107 cm³/mol. The maximum Gasteiger partial charge on any atom is 0.263 e. The molecule has 0 bridgehead atoms. The molecule has 1 aliphatic carbocycles. The largest absolute Gasteiger partial charge is 0.493 e. The van der Waals surface area contributed by atoms with Crippen molar-refractivity contribution in [2.24, 2.45) is 4.99 Å². The van der Waals surface area contributed by atoms with Gasteiger partial charge < -0.3 is 14.2 Å². The van der Waals surface area contributed by atoms with Crippen LogP contribution in [0.4, 0.5) is 0 Å². The van der Waals surface area contributed by atoms with E-state index in [1.165, 1.54) is 40.6 Å². The second-order valence-electron chi connectivity index (χ2n) is 7.07. The van der Waals surface area contributed by atoms with E-state index in [2.05, 4.69) is 0 Å². The Balaban J connectivity index is 2.07. The fourth-order valence-corrected chi connectivity index (χ4v) is 3.60. The van der Waals surface area contributed by atoms with E-state index in [4.69, 9.17) is 19.2 Å². The van der Waals surface area contributed by atoms with Gasteiger partial charge >= 0.3 is 0 Å². The summed E-state index contributed by atoms with van der Waals surface area (Å²) in [6.07, 6.45) is 7.59. The van der Waals surface area contributed by atoms with Crippen LogP contribution in [0.15, 0.2) is 35.5 Å². The number of methoxy groups -OCH3 is 3. The molecule has 0 atom stereocenters. The minimum Gasteiger partial charge on any atom is -0.493 e. The topological polar surface area (TPSA) is 62.1 Å². The van der Waals surface area contributed by atoms with Gasteiger partial charge in [0.15, 0.2) is 11.5 Å². The first-order valence-electron chi connectivity index (χ1n) is 9.65. The third-order valence-corrected chi connectivity index (χ3v) is 5.11. The number of carbonyl (C=O) groups is 1. The molecule has 1 saturated carbocycles. The lowest BCUT2D eigenvalue weighted by molar-refractivity contribution is 0.0953. The van der Waals surface area contributed by atoms with Gasteiger partial charge in [0.1, 0.15) is 5.49 Å². The molecule has 0 radical (unpaired) electrons. The number of hydrogen-bond acceptors (Lipinski definition) is 5. The molecule has 0 saturated heterocycles. The summed E-state index contributed by atoms with van der Waals surface area (Å²) in [5.74, 6) is 1.17. The average molecular weight is 384 g/mol. The third kappa shape index (κ3) is 4.21. The van der Waals surface area contributed by atoms with Crippen molar-refractivity contribution in [3.8, 4) is 17.2 Å². The molecule has 3 rings (SSSR count). The summed E-state index contributed by atoms with van der Waals surface area (Å²) < 4.78 is 17.7. The summed E-state index contributed by atoms with van der Waals surface area (Å²) in [5, 5.41) is 0. The van der Waals surface area contributed by atoms with Crippen molar-refractivity contribution in [1.82, 2.24) is 4.57 Å². The van der Waals surface area contributed by atoms with Gasteiger partial charge in [-0.25, -0.2) is 0 Å². The van der Waals surface area contributed by atoms with Crippen molar-refractivity contribution in [2.75, 3.05) is 21.3 Å². The molecule has 1 fully saturated rings. The number of aryl methyl sites for hydroxylation is 1. The Morgan fingerprint density at radius 2 is 1.64 bits per heavy atom. The lowest BCUT2D eigenvalue weighted by Gasteiger charge is -2.18. The van der Waals surface area contributed by atoms with Crippen molar-refractivity contribution in [2.45, 2.75) is 45.1 Å². The van der Waals surface area contributed by atoms with E-state index in [0.717, 1.165) is 18.4 Å². The lowest BCUT2D eigenvalue weighted by atomic mass is 9.96. The van der Waals surface area contributed by atoms with Gasteiger partial charge in [-0.2, -0.15) is 0 Å². The highest BCUT2D eigenvalue weighted by Crippen LogP contribution is 2.38. The van der Waals surface area contributed by atoms with Crippen LogP contribution in [0.2, 0.25) is 0 Å². The number of pyridine rings is 1. The molecular weight excluding hydrogens is 356 g/mol. The molecule has 1 aromatic heterocycles. The van der Waals surface area contributed by atoms with Crippen LogP contribution in [-0.4, -0.2) is 37.8 Å². The van der Waals surface area contributed by atoms with E-state index in [9.17, 15) is 4.79 Å². The summed E-state index contributed by atoms with van der Waals surface area (Å²) in [6.45, 7) is 2.01. The van der Waals surface area contributed by atoms with Gasteiger partial charge in [-0.05, 0) is 49.6 Å². The van der Waals surface area contributed by atoms with Crippen LogP contribution in [0, 0.1) is 6.92 Å². The third-order valence-electron chi connectivity index (χ3n) is 5.11. The zero-order chi connectivity index (χ0) is 20.1. The summed E-state index contributed by atoms with van der Waals surface area (Å²) in [4.78, 5) is 18.2. The average Bonchev–Trinajstić information content (AvgIpc) is 2.73. The monoisotopic (exact) mass is 384 g/mol. The van der Waals surface area contributed by atoms with Gasteiger partial charge in [0.05, 0.1) is 27.4 Å². The van der Waals surface area contributed by atoms with Crippen molar-refractivity contribution < 1.29 is 19.0 Å². The number of rotatable bonds is 5. The first-order chi connectivity index (χ1) is 13.6. The van der Waals surface area contributed by atoms with E-state index in [0.29, 0.717) is 28.3 Å². The van der Waals surface area contributed by atoms with Gasteiger partial charge in [-0.1, -0.05) is 19.3 Å².